The van der Waals surface area contributed by atoms with Gasteiger partial charge in [-0.25, -0.2) is 4.79 Å². The van der Waals surface area contributed by atoms with Gasteiger partial charge in [-0.2, -0.15) is 0 Å². The quantitative estimate of drug-likeness (QED) is 0.710. The molecule has 0 aromatic rings. The third-order valence-corrected chi connectivity index (χ3v) is 2.70. The predicted molar refractivity (Wildman–Crippen MR) is 51.1 cm³/mol. The fraction of sp³-hybridized carbons (Fsp3) is 0.875. The summed E-state index contributed by atoms with van der Waals surface area (Å²) < 4.78 is 0. The van der Waals surface area contributed by atoms with Crippen molar-refractivity contribution in [3.63, 3.8) is 0 Å². The SMILES string of the molecule is Cl.NC1CC(N(C(=O)O)C2CC2)C1. The number of carboxylic acid groups (broad SMARTS) is 1. The van der Waals surface area contributed by atoms with Crippen LogP contribution in [-0.4, -0.2) is 34.2 Å². The zero-order chi connectivity index (χ0) is 8.72. The lowest BCUT2D eigenvalue weighted by Gasteiger charge is -2.39. The molecule has 0 aromatic heterocycles. The molecule has 2 rings (SSSR count). The highest BCUT2D eigenvalue weighted by Crippen LogP contribution is 2.34. The number of halogens is 1. The first-order valence-electron chi connectivity index (χ1n) is 4.45. The van der Waals surface area contributed by atoms with Gasteiger partial charge in [-0.15, -0.1) is 12.4 Å². The molecule has 0 saturated heterocycles. The van der Waals surface area contributed by atoms with Crippen molar-refractivity contribution in [3.8, 4) is 0 Å². The summed E-state index contributed by atoms with van der Waals surface area (Å²) >= 11 is 0. The molecule has 0 aromatic carbocycles. The highest BCUT2D eigenvalue weighted by atomic mass is 35.5. The van der Waals surface area contributed by atoms with Gasteiger partial charge in [0, 0.05) is 18.1 Å². The van der Waals surface area contributed by atoms with Gasteiger partial charge in [0.1, 0.15) is 0 Å². The van der Waals surface area contributed by atoms with Gasteiger partial charge < -0.3 is 15.7 Å². The molecule has 0 heterocycles. The summed E-state index contributed by atoms with van der Waals surface area (Å²) in [5.74, 6) is 0. The van der Waals surface area contributed by atoms with Crippen LogP contribution in [0, 0.1) is 0 Å². The van der Waals surface area contributed by atoms with Crippen molar-refractivity contribution >= 4 is 18.5 Å². The van der Waals surface area contributed by atoms with Crippen LogP contribution in [0.3, 0.4) is 0 Å². The molecule has 3 N–H and O–H groups in total. The molecule has 1 amide bonds. The van der Waals surface area contributed by atoms with E-state index in [2.05, 4.69) is 0 Å². The average molecular weight is 207 g/mol. The lowest BCUT2D eigenvalue weighted by atomic mass is 9.86. The second-order valence-electron chi connectivity index (χ2n) is 3.81. The third-order valence-electron chi connectivity index (χ3n) is 2.70. The van der Waals surface area contributed by atoms with E-state index < -0.39 is 6.09 Å². The van der Waals surface area contributed by atoms with Crippen LogP contribution in [0.1, 0.15) is 25.7 Å². The maximum atomic E-state index is 10.8. The first-order chi connectivity index (χ1) is 5.68. The third kappa shape index (κ3) is 2.06. The van der Waals surface area contributed by atoms with E-state index in [1.807, 2.05) is 0 Å². The Morgan fingerprint density at radius 3 is 2.15 bits per heavy atom. The molecular formula is C8H15ClN2O2. The zero-order valence-electron chi connectivity index (χ0n) is 7.35. The molecule has 2 fully saturated rings. The first-order valence-corrected chi connectivity index (χ1v) is 4.45. The van der Waals surface area contributed by atoms with E-state index in [0.29, 0.717) is 6.04 Å². The van der Waals surface area contributed by atoms with E-state index in [4.69, 9.17) is 10.8 Å². The van der Waals surface area contributed by atoms with Crippen LogP contribution in [0.25, 0.3) is 0 Å². The molecule has 0 radical (unpaired) electrons. The molecule has 0 spiro atoms. The van der Waals surface area contributed by atoms with Crippen molar-refractivity contribution < 1.29 is 9.90 Å². The Hall–Kier alpha value is -0.480. The Morgan fingerprint density at radius 2 is 1.85 bits per heavy atom. The minimum absolute atomic E-state index is 0. The normalized spacial score (nSPS) is 31.5. The van der Waals surface area contributed by atoms with Gasteiger partial charge in [0.15, 0.2) is 0 Å². The van der Waals surface area contributed by atoms with Crippen molar-refractivity contribution in [2.75, 3.05) is 0 Å². The fourth-order valence-electron chi connectivity index (χ4n) is 1.82. The number of rotatable bonds is 2. The van der Waals surface area contributed by atoms with Crippen LogP contribution in [0.5, 0.6) is 0 Å². The van der Waals surface area contributed by atoms with Crippen molar-refractivity contribution in [2.45, 2.75) is 43.8 Å². The van der Waals surface area contributed by atoms with E-state index in [-0.39, 0.29) is 24.5 Å². The van der Waals surface area contributed by atoms with E-state index in [0.717, 1.165) is 25.7 Å². The summed E-state index contributed by atoms with van der Waals surface area (Å²) in [5.41, 5.74) is 5.61. The molecule has 76 valence electrons. The van der Waals surface area contributed by atoms with Crippen LogP contribution in [0.4, 0.5) is 4.79 Å². The standard InChI is InChI=1S/C8H14N2O2.ClH/c9-5-3-7(4-5)10(8(11)12)6-1-2-6;/h5-7H,1-4,9H2,(H,11,12);1H. The highest BCUT2D eigenvalue weighted by Gasteiger charge is 2.42. The van der Waals surface area contributed by atoms with Crippen molar-refractivity contribution in [1.29, 1.82) is 0 Å². The molecule has 2 saturated carbocycles. The van der Waals surface area contributed by atoms with Crippen LogP contribution in [0.2, 0.25) is 0 Å². The van der Waals surface area contributed by atoms with Gasteiger partial charge in [0.05, 0.1) is 0 Å². The number of hydrogen-bond donors (Lipinski definition) is 2. The number of carbonyl (C=O) groups is 1. The molecule has 5 heteroatoms. The van der Waals surface area contributed by atoms with Crippen molar-refractivity contribution in [3.05, 3.63) is 0 Å². The minimum atomic E-state index is -0.769. The van der Waals surface area contributed by atoms with Gasteiger partial charge >= 0.3 is 6.09 Å². The summed E-state index contributed by atoms with van der Waals surface area (Å²) in [7, 11) is 0. The Kier molecular flexibility index (Phi) is 3.03. The zero-order valence-corrected chi connectivity index (χ0v) is 8.17. The molecule has 13 heavy (non-hydrogen) atoms. The van der Waals surface area contributed by atoms with Gasteiger partial charge in [-0.3, -0.25) is 0 Å². The van der Waals surface area contributed by atoms with Gasteiger partial charge in [-0.1, -0.05) is 0 Å². The first kappa shape index (κ1) is 10.6. The van der Waals surface area contributed by atoms with Crippen LogP contribution >= 0.6 is 12.4 Å². The van der Waals surface area contributed by atoms with Crippen LogP contribution in [-0.2, 0) is 0 Å². The Labute approximate surface area is 83.5 Å². The summed E-state index contributed by atoms with van der Waals surface area (Å²) in [6.07, 6.45) is 3.01. The molecule has 0 aliphatic heterocycles. The molecule has 0 atom stereocenters. The summed E-state index contributed by atoms with van der Waals surface area (Å²) in [4.78, 5) is 12.4. The topological polar surface area (TPSA) is 66.6 Å². The molecule has 4 nitrogen and oxygen atoms in total. The Morgan fingerprint density at radius 1 is 1.31 bits per heavy atom. The molecule has 0 bridgehead atoms. The molecule has 2 aliphatic carbocycles. The van der Waals surface area contributed by atoms with E-state index in [1.165, 1.54) is 0 Å². The van der Waals surface area contributed by atoms with Gasteiger partial charge in [0.2, 0.25) is 0 Å². The lowest BCUT2D eigenvalue weighted by molar-refractivity contribution is 0.0844. The second-order valence-corrected chi connectivity index (χ2v) is 3.81. The monoisotopic (exact) mass is 206 g/mol. The van der Waals surface area contributed by atoms with Gasteiger partial charge in [0.25, 0.3) is 0 Å². The largest absolute Gasteiger partial charge is 0.465 e. The number of nitrogens with two attached hydrogens (primary N) is 1. The summed E-state index contributed by atoms with van der Waals surface area (Å²) in [6, 6.07) is 0.751. The number of hydrogen-bond acceptors (Lipinski definition) is 2. The summed E-state index contributed by atoms with van der Waals surface area (Å²) in [5, 5.41) is 8.89. The average Bonchev–Trinajstić information content (AvgIpc) is 2.67. The Bertz CT molecular complexity index is 202. The lowest BCUT2D eigenvalue weighted by Crippen LogP contribution is -2.53. The fourth-order valence-corrected chi connectivity index (χ4v) is 1.82. The van der Waals surface area contributed by atoms with E-state index >= 15 is 0 Å². The van der Waals surface area contributed by atoms with Crippen LogP contribution in [0.15, 0.2) is 0 Å². The number of amides is 1. The van der Waals surface area contributed by atoms with E-state index in [9.17, 15) is 4.79 Å². The second kappa shape index (κ2) is 3.72. The van der Waals surface area contributed by atoms with E-state index in [1.54, 1.807) is 4.90 Å². The maximum absolute atomic E-state index is 10.8. The molecule has 0 unspecified atom stereocenters. The molecular weight excluding hydrogens is 192 g/mol. The smallest absolute Gasteiger partial charge is 0.407 e. The number of nitrogens with zero attached hydrogens (tertiary/aromatic N) is 1. The molecule has 2 aliphatic rings. The summed E-state index contributed by atoms with van der Waals surface area (Å²) in [6.45, 7) is 0. The van der Waals surface area contributed by atoms with Crippen molar-refractivity contribution in [1.82, 2.24) is 4.90 Å². The van der Waals surface area contributed by atoms with Gasteiger partial charge in [-0.05, 0) is 25.7 Å². The maximum Gasteiger partial charge on any atom is 0.407 e. The van der Waals surface area contributed by atoms with Crippen molar-refractivity contribution in [2.24, 2.45) is 5.73 Å². The highest BCUT2D eigenvalue weighted by molar-refractivity contribution is 5.85. The van der Waals surface area contributed by atoms with Crippen LogP contribution < -0.4 is 5.73 Å². The predicted octanol–water partition coefficient (Wildman–Crippen LogP) is 1.04. The minimum Gasteiger partial charge on any atom is -0.465 e. The Balaban J connectivity index is 0.000000845.